The number of likely N-dealkylation sites (N-methyl/N-ethyl adjacent to an activating group) is 1. The van der Waals surface area contributed by atoms with E-state index in [0.29, 0.717) is 0 Å². The predicted octanol–water partition coefficient (Wildman–Crippen LogP) is 5.51. The van der Waals surface area contributed by atoms with Gasteiger partial charge in [0.2, 0.25) is 0 Å². The van der Waals surface area contributed by atoms with Crippen molar-refractivity contribution in [3.05, 3.63) is 113 Å². The summed E-state index contributed by atoms with van der Waals surface area (Å²) in [6.07, 6.45) is 5.80. The lowest BCUT2D eigenvalue weighted by atomic mass is 9.93. The smallest absolute Gasteiger partial charge is 0.146 e. The predicted molar refractivity (Wildman–Crippen MR) is 150 cm³/mol. The lowest BCUT2D eigenvalue weighted by molar-refractivity contribution is -0.109. The Morgan fingerprint density at radius 1 is 0.973 bits per heavy atom. The largest absolute Gasteiger partial charge is 0.378 e. The Bertz CT molecular complexity index is 1460. The fraction of sp³-hybridized carbons (Fsp3) is 0.188. The van der Waals surface area contributed by atoms with Crippen LogP contribution in [0.5, 0.6) is 0 Å². The molecule has 5 heteroatoms. The van der Waals surface area contributed by atoms with Gasteiger partial charge < -0.3 is 20.3 Å². The first-order chi connectivity index (χ1) is 18.2. The highest BCUT2D eigenvalue weighted by Gasteiger charge is 2.21. The molecular formula is C32H30N4O. The quantitative estimate of drug-likeness (QED) is 0.337. The molecular weight excluding hydrogens is 456 g/mol. The molecule has 1 atom stereocenters. The van der Waals surface area contributed by atoms with Gasteiger partial charge in [-0.25, -0.2) is 4.98 Å². The maximum absolute atomic E-state index is 11.7. The van der Waals surface area contributed by atoms with Gasteiger partial charge in [-0.1, -0.05) is 66.7 Å². The maximum Gasteiger partial charge on any atom is 0.146 e. The number of carbonyl (C=O) groups excluding carboxylic acids is 1. The topological polar surface area (TPSA) is 57.3 Å². The SMILES string of the molecule is CN1CCc2cc(CNCc3ccc(-c4nc5c(cc4-c4ccccc4)C(C=O)NC=C5)cc3)ccc21. The number of hydrogen-bond donors (Lipinski definition) is 2. The van der Waals surface area contributed by atoms with Gasteiger partial charge in [-0.15, -0.1) is 0 Å². The van der Waals surface area contributed by atoms with Crippen LogP contribution in [0, 0.1) is 0 Å². The Balaban J connectivity index is 1.22. The van der Waals surface area contributed by atoms with Crippen LogP contribution in [0.3, 0.4) is 0 Å². The zero-order valence-corrected chi connectivity index (χ0v) is 20.9. The van der Waals surface area contributed by atoms with Gasteiger partial charge in [-0.3, -0.25) is 0 Å². The normalized spacial score (nSPS) is 15.7. The molecule has 37 heavy (non-hydrogen) atoms. The molecule has 0 aliphatic carbocycles. The van der Waals surface area contributed by atoms with Crippen LogP contribution in [0.1, 0.15) is 34.0 Å². The first-order valence-electron chi connectivity index (χ1n) is 12.8. The molecule has 0 radical (unpaired) electrons. The summed E-state index contributed by atoms with van der Waals surface area (Å²) in [6, 6.07) is 27.4. The number of nitrogens with zero attached hydrogens (tertiary/aromatic N) is 2. The van der Waals surface area contributed by atoms with Crippen molar-refractivity contribution in [2.24, 2.45) is 0 Å². The molecule has 0 amide bonds. The second kappa shape index (κ2) is 10.0. The van der Waals surface area contributed by atoms with E-state index in [1.165, 1.54) is 22.4 Å². The second-order valence-corrected chi connectivity index (χ2v) is 9.77. The van der Waals surface area contributed by atoms with E-state index < -0.39 is 0 Å². The van der Waals surface area contributed by atoms with Crippen LogP contribution in [0.15, 0.2) is 85.1 Å². The van der Waals surface area contributed by atoms with Crippen LogP contribution in [-0.4, -0.2) is 24.9 Å². The molecule has 2 aliphatic heterocycles. The first kappa shape index (κ1) is 23.2. The third kappa shape index (κ3) is 4.66. The minimum atomic E-state index is -0.385. The minimum Gasteiger partial charge on any atom is -0.378 e. The average Bonchev–Trinajstić information content (AvgIpc) is 3.32. The summed E-state index contributed by atoms with van der Waals surface area (Å²) in [5.41, 5.74) is 11.2. The van der Waals surface area contributed by atoms with Crippen molar-refractivity contribution in [2.75, 3.05) is 18.5 Å². The van der Waals surface area contributed by atoms with Gasteiger partial charge in [0.05, 0.1) is 11.4 Å². The summed E-state index contributed by atoms with van der Waals surface area (Å²) in [7, 11) is 2.16. The molecule has 3 heterocycles. The third-order valence-corrected chi connectivity index (χ3v) is 7.31. The monoisotopic (exact) mass is 486 g/mol. The van der Waals surface area contributed by atoms with Crippen molar-refractivity contribution in [1.82, 2.24) is 15.6 Å². The van der Waals surface area contributed by atoms with Gasteiger partial charge in [0.1, 0.15) is 12.3 Å². The van der Waals surface area contributed by atoms with Crippen LogP contribution in [-0.2, 0) is 24.3 Å². The Labute approximate surface area is 217 Å². The van der Waals surface area contributed by atoms with Crippen molar-refractivity contribution in [3.8, 4) is 22.4 Å². The van der Waals surface area contributed by atoms with Gasteiger partial charge in [0.25, 0.3) is 0 Å². The molecule has 0 saturated heterocycles. The molecule has 5 nitrogen and oxygen atoms in total. The van der Waals surface area contributed by atoms with E-state index in [-0.39, 0.29) is 6.04 Å². The van der Waals surface area contributed by atoms with E-state index in [9.17, 15) is 4.79 Å². The fourth-order valence-corrected chi connectivity index (χ4v) is 5.28. The molecule has 184 valence electrons. The van der Waals surface area contributed by atoms with Crippen molar-refractivity contribution in [3.63, 3.8) is 0 Å². The second-order valence-electron chi connectivity index (χ2n) is 9.77. The molecule has 3 aromatic carbocycles. The number of aldehydes is 1. The van der Waals surface area contributed by atoms with Crippen LogP contribution in [0.25, 0.3) is 28.5 Å². The molecule has 4 aromatic rings. The van der Waals surface area contributed by atoms with Crippen molar-refractivity contribution < 1.29 is 4.79 Å². The highest BCUT2D eigenvalue weighted by molar-refractivity contribution is 5.84. The van der Waals surface area contributed by atoms with Gasteiger partial charge in [-0.2, -0.15) is 0 Å². The number of rotatable bonds is 7. The molecule has 0 bridgehead atoms. The Hall–Kier alpha value is -4.22. The molecule has 6 rings (SSSR count). The number of nitrogens with one attached hydrogen (secondary N) is 2. The third-order valence-electron chi connectivity index (χ3n) is 7.31. The summed E-state index contributed by atoms with van der Waals surface area (Å²) in [6.45, 7) is 2.76. The summed E-state index contributed by atoms with van der Waals surface area (Å²) in [5.74, 6) is 0. The highest BCUT2D eigenvalue weighted by Crippen LogP contribution is 2.35. The van der Waals surface area contributed by atoms with Gasteiger partial charge in [0, 0.05) is 49.1 Å². The van der Waals surface area contributed by atoms with Crippen molar-refractivity contribution >= 4 is 18.0 Å². The van der Waals surface area contributed by atoms with E-state index in [4.69, 9.17) is 4.98 Å². The summed E-state index contributed by atoms with van der Waals surface area (Å²) >= 11 is 0. The highest BCUT2D eigenvalue weighted by atomic mass is 16.1. The number of carbonyl (C=O) groups is 1. The molecule has 0 spiro atoms. The van der Waals surface area contributed by atoms with Crippen molar-refractivity contribution in [1.29, 1.82) is 0 Å². The number of benzene rings is 3. The molecule has 1 aromatic heterocycles. The Morgan fingerprint density at radius 2 is 1.76 bits per heavy atom. The van der Waals surface area contributed by atoms with Gasteiger partial charge in [-0.05, 0) is 53.1 Å². The van der Waals surface area contributed by atoms with E-state index in [1.807, 2.05) is 24.3 Å². The summed E-state index contributed by atoms with van der Waals surface area (Å²) in [5, 5.41) is 6.71. The molecule has 1 unspecified atom stereocenters. The van der Waals surface area contributed by atoms with Crippen LogP contribution in [0.4, 0.5) is 5.69 Å². The maximum atomic E-state index is 11.7. The van der Waals surface area contributed by atoms with E-state index in [1.54, 1.807) is 6.20 Å². The average molecular weight is 487 g/mol. The van der Waals surface area contributed by atoms with E-state index in [2.05, 4.69) is 83.2 Å². The molecule has 2 N–H and O–H groups in total. The molecule has 0 fully saturated rings. The van der Waals surface area contributed by atoms with Crippen molar-refractivity contribution in [2.45, 2.75) is 25.6 Å². The van der Waals surface area contributed by atoms with Gasteiger partial charge in [0.15, 0.2) is 0 Å². The standard InChI is InChI=1S/C32H30N4O/c1-36-16-14-26-17-23(9-12-31(26)36)20-33-19-22-7-10-25(11-8-22)32-27(24-5-3-2-4-6-24)18-28-29(35-32)13-15-34-30(28)21-37/h2-13,15,17-18,21,30,33-34H,14,16,19-20H2,1H3. The Morgan fingerprint density at radius 3 is 2.57 bits per heavy atom. The Kier molecular flexibility index (Phi) is 6.29. The fourth-order valence-electron chi connectivity index (χ4n) is 5.28. The zero-order chi connectivity index (χ0) is 25.2. The molecule has 2 aliphatic rings. The lowest BCUT2D eigenvalue weighted by Gasteiger charge is -2.21. The number of fused-ring (bicyclic) bond motifs is 2. The van der Waals surface area contributed by atoms with Crippen LogP contribution < -0.4 is 15.5 Å². The lowest BCUT2D eigenvalue weighted by Crippen LogP contribution is -2.21. The summed E-state index contributed by atoms with van der Waals surface area (Å²) in [4.78, 5) is 19.0. The van der Waals surface area contributed by atoms with Crippen LogP contribution in [0.2, 0.25) is 0 Å². The first-order valence-corrected chi connectivity index (χ1v) is 12.8. The van der Waals surface area contributed by atoms with E-state index in [0.717, 1.165) is 66.0 Å². The molecule has 0 saturated carbocycles. The number of pyridine rings is 1. The number of aromatic nitrogens is 1. The van der Waals surface area contributed by atoms with Gasteiger partial charge >= 0.3 is 0 Å². The zero-order valence-electron chi connectivity index (χ0n) is 20.9. The van der Waals surface area contributed by atoms with E-state index >= 15 is 0 Å². The minimum absolute atomic E-state index is 0.385. The number of hydrogen-bond acceptors (Lipinski definition) is 5. The van der Waals surface area contributed by atoms with Crippen LogP contribution >= 0.6 is 0 Å². The number of anilines is 1. The summed E-state index contributed by atoms with van der Waals surface area (Å²) < 4.78 is 0.